The summed E-state index contributed by atoms with van der Waals surface area (Å²) in [7, 11) is 1.36. The molecule has 0 amide bonds. The van der Waals surface area contributed by atoms with E-state index in [4.69, 9.17) is 4.74 Å². The zero-order valence-electron chi connectivity index (χ0n) is 13.9. The molecule has 0 radical (unpaired) electrons. The van der Waals surface area contributed by atoms with Crippen LogP contribution >= 0.6 is 0 Å². The van der Waals surface area contributed by atoms with Crippen molar-refractivity contribution in [2.45, 2.75) is 20.3 Å². The number of methoxy groups -OCH3 is 1. The topological polar surface area (TPSA) is 68.3 Å². The van der Waals surface area contributed by atoms with Crippen LogP contribution in [0.2, 0.25) is 0 Å². The van der Waals surface area contributed by atoms with Crippen molar-refractivity contribution >= 4 is 23.1 Å². The molecule has 2 aromatic heterocycles. The molecule has 0 aliphatic carbocycles. The van der Waals surface area contributed by atoms with E-state index in [9.17, 15) is 4.79 Å². The predicted octanol–water partition coefficient (Wildman–Crippen LogP) is 4.08. The van der Waals surface area contributed by atoms with Gasteiger partial charge in [0.1, 0.15) is 5.65 Å². The van der Waals surface area contributed by atoms with E-state index < -0.39 is 0 Å². The number of carbonyl (C=O) groups excluding carboxylic acids is 1. The van der Waals surface area contributed by atoms with Crippen LogP contribution in [0.4, 0.5) is 11.5 Å². The van der Waals surface area contributed by atoms with E-state index in [1.165, 1.54) is 7.11 Å². The number of aryl methyl sites for hydroxylation is 2. The molecule has 3 rings (SSSR count). The fourth-order valence-corrected chi connectivity index (χ4v) is 2.41. The van der Waals surface area contributed by atoms with Crippen LogP contribution in [0, 0.1) is 13.8 Å². The van der Waals surface area contributed by atoms with Gasteiger partial charge >= 0.3 is 5.97 Å². The molecular weight excluding hydrogens is 304 g/mol. The molecule has 0 saturated heterocycles. The normalized spacial score (nSPS) is 11.3. The maximum atomic E-state index is 11.7. The Bertz CT molecular complexity index is 928. The summed E-state index contributed by atoms with van der Waals surface area (Å²) in [5.41, 5.74) is 4.21. The lowest BCUT2D eigenvalue weighted by atomic mass is 10.2. The lowest BCUT2D eigenvalue weighted by molar-refractivity contribution is -0.139. The summed E-state index contributed by atoms with van der Waals surface area (Å²) in [6, 6.07) is 11.6. The third-order valence-electron chi connectivity index (χ3n) is 3.63. The van der Waals surface area contributed by atoms with E-state index in [1.807, 2.05) is 60.8 Å². The summed E-state index contributed by atoms with van der Waals surface area (Å²) < 4.78 is 6.57. The molecule has 122 valence electrons. The van der Waals surface area contributed by atoms with Gasteiger partial charge in [0.2, 0.25) is 0 Å². The van der Waals surface area contributed by atoms with Crippen LogP contribution in [0.5, 0.6) is 0 Å². The standard InChI is InChI=1S/C18H18N4O2/c1-12-5-4-6-14(9-12)20-21-18-15(11-17(23)24-3)19-16-10-13(2)7-8-22(16)18/h4-10H,11H2,1-3H3. The number of hydrogen-bond acceptors (Lipinski definition) is 5. The largest absolute Gasteiger partial charge is 0.469 e. The molecule has 0 unspecified atom stereocenters. The van der Waals surface area contributed by atoms with E-state index >= 15 is 0 Å². The Kier molecular flexibility index (Phi) is 4.37. The van der Waals surface area contributed by atoms with Gasteiger partial charge in [0.25, 0.3) is 0 Å². The third-order valence-corrected chi connectivity index (χ3v) is 3.63. The van der Waals surface area contributed by atoms with E-state index in [0.717, 1.165) is 22.5 Å². The first kappa shape index (κ1) is 15.9. The Morgan fingerprint density at radius 3 is 2.71 bits per heavy atom. The molecule has 0 N–H and O–H groups in total. The molecule has 6 heteroatoms. The number of azo groups is 1. The smallest absolute Gasteiger partial charge is 0.311 e. The number of carbonyl (C=O) groups is 1. The Morgan fingerprint density at radius 1 is 1.17 bits per heavy atom. The minimum absolute atomic E-state index is 0.0550. The summed E-state index contributed by atoms with van der Waals surface area (Å²) in [5, 5.41) is 8.63. The maximum Gasteiger partial charge on any atom is 0.311 e. The second kappa shape index (κ2) is 6.62. The number of imidazole rings is 1. The third kappa shape index (κ3) is 3.32. The van der Waals surface area contributed by atoms with E-state index in [0.29, 0.717) is 11.5 Å². The molecule has 2 heterocycles. The van der Waals surface area contributed by atoms with E-state index in [2.05, 4.69) is 15.2 Å². The molecule has 6 nitrogen and oxygen atoms in total. The molecule has 0 spiro atoms. The van der Waals surface area contributed by atoms with Gasteiger partial charge in [-0.1, -0.05) is 12.1 Å². The van der Waals surface area contributed by atoms with Crippen LogP contribution in [0.25, 0.3) is 5.65 Å². The van der Waals surface area contributed by atoms with Crippen molar-refractivity contribution in [3.63, 3.8) is 0 Å². The Labute approximate surface area is 139 Å². The number of ether oxygens (including phenoxy) is 1. The van der Waals surface area contributed by atoms with Gasteiger partial charge in [-0.2, -0.15) is 0 Å². The summed E-state index contributed by atoms with van der Waals surface area (Å²) in [6.45, 7) is 3.99. The van der Waals surface area contributed by atoms with Gasteiger partial charge in [0.15, 0.2) is 5.82 Å². The number of aromatic nitrogens is 2. The number of nitrogens with zero attached hydrogens (tertiary/aromatic N) is 4. The van der Waals surface area contributed by atoms with Crippen molar-refractivity contribution in [2.75, 3.05) is 7.11 Å². The number of fused-ring (bicyclic) bond motifs is 1. The summed E-state index contributed by atoms with van der Waals surface area (Å²) in [4.78, 5) is 16.2. The van der Waals surface area contributed by atoms with Crippen LogP contribution in [-0.2, 0) is 16.0 Å². The number of benzene rings is 1. The number of rotatable bonds is 4. The predicted molar refractivity (Wildman–Crippen MR) is 91.0 cm³/mol. The molecule has 0 bridgehead atoms. The van der Waals surface area contributed by atoms with Gasteiger partial charge in [-0.15, -0.1) is 10.2 Å². The molecule has 1 aromatic carbocycles. The highest BCUT2D eigenvalue weighted by Gasteiger charge is 2.16. The zero-order chi connectivity index (χ0) is 17.1. The van der Waals surface area contributed by atoms with Crippen LogP contribution in [0.1, 0.15) is 16.8 Å². The van der Waals surface area contributed by atoms with Crippen LogP contribution in [-0.4, -0.2) is 22.5 Å². The summed E-state index contributed by atoms with van der Waals surface area (Å²) >= 11 is 0. The molecule has 0 saturated carbocycles. The van der Waals surface area contributed by atoms with Crippen LogP contribution in [0.3, 0.4) is 0 Å². The maximum absolute atomic E-state index is 11.7. The SMILES string of the molecule is COC(=O)Cc1nc2cc(C)ccn2c1N=Nc1cccc(C)c1. The molecule has 0 aliphatic rings. The first-order chi connectivity index (χ1) is 11.6. The molecule has 0 atom stereocenters. The quantitative estimate of drug-likeness (QED) is 0.537. The molecule has 3 aromatic rings. The molecular formula is C18H18N4O2. The van der Waals surface area contributed by atoms with Crippen molar-refractivity contribution in [3.05, 3.63) is 59.4 Å². The number of pyridine rings is 1. The molecule has 0 fully saturated rings. The monoisotopic (exact) mass is 322 g/mol. The highest BCUT2D eigenvalue weighted by atomic mass is 16.5. The average molecular weight is 322 g/mol. The van der Waals surface area contributed by atoms with E-state index in [-0.39, 0.29) is 12.4 Å². The second-order valence-electron chi connectivity index (χ2n) is 5.61. The zero-order valence-corrected chi connectivity index (χ0v) is 13.9. The van der Waals surface area contributed by atoms with Crippen molar-refractivity contribution in [3.8, 4) is 0 Å². The highest BCUT2D eigenvalue weighted by molar-refractivity contribution is 5.74. The first-order valence-electron chi connectivity index (χ1n) is 7.59. The molecule has 0 aliphatic heterocycles. The fourth-order valence-electron chi connectivity index (χ4n) is 2.41. The van der Waals surface area contributed by atoms with Crippen molar-refractivity contribution in [1.29, 1.82) is 0 Å². The van der Waals surface area contributed by atoms with Gasteiger partial charge in [-0.25, -0.2) is 4.98 Å². The van der Waals surface area contributed by atoms with Gasteiger partial charge in [0.05, 0.1) is 24.9 Å². The number of hydrogen-bond donors (Lipinski definition) is 0. The van der Waals surface area contributed by atoms with Crippen molar-refractivity contribution < 1.29 is 9.53 Å². The van der Waals surface area contributed by atoms with Crippen LogP contribution < -0.4 is 0 Å². The van der Waals surface area contributed by atoms with Crippen molar-refractivity contribution in [2.24, 2.45) is 10.2 Å². The van der Waals surface area contributed by atoms with Gasteiger partial charge in [-0.05, 0) is 49.2 Å². The van der Waals surface area contributed by atoms with Gasteiger partial charge < -0.3 is 4.74 Å². The molecule has 24 heavy (non-hydrogen) atoms. The van der Waals surface area contributed by atoms with Crippen molar-refractivity contribution in [1.82, 2.24) is 9.38 Å². The summed E-state index contributed by atoms with van der Waals surface area (Å²) in [5.74, 6) is 0.180. The second-order valence-corrected chi connectivity index (χ2v) is 5.61. The van der Waals surface area contributed by atoms with Crippen LogP contribution in [0.15, 0.2) is 52.8 Å². The highest BCUT2D eigenvalue weighted by Crippen LogP contribution is 2.25. The van der Waals surface area contributed by atoms with Gasteiger partial charge in [-0.3, -0.25) is 9.20 Å². The Hall–Kier alpha value is -3.02. The minimum Gasteiger partial charge on any atom is -0.469 e. The Balaban J connectivity index is 2.06. The Morgan fingerprint density at radius 2 is 1.96 bits per heavy atom. The lowest BCUT2D eigenvalue weighted by Gasteiger charge is -2.00. The average Bonchev–Trinajstić information content (AvgIpc) is 2.89. The van der Waals surface area contributed by atoms with Gasteiger partial charge in [0, 0.05) is 6.20 Å². The fraction of sp³-hybridized carbons (Fsp3) is 0.222. The van der Waals surface area contributed by atoms with E-state index in [1.54, 1.807) is 0 Å². The first-order valence-corrected chi connectivity index (χ1v) is 7.59. The lowest BCUT2D eigenvalue weighted by Crippen LogP contribution is -2.04. The number of esters is 1. The minimum atomic E-state index is -0.359. The summed E-state index contributed by atoms with van der Waals surface area (Å²) in [6.07, 6.45) is 1.93.